The summed E-state index contributed by atoms with van der Waals surface area (Å²) in [7, 11) is 0. The molecule has 0 spiro atoms. The Labute approximate surface area is 171 Å². The number of anilines is 1. The first-order valence-electron chi connectivity index (χ1n) is 8.83. The van der Waals surface area contributed by atoms with Crippen LogP contribution in [0.25, 0.3) is 10.2 Å². The molecule has 0 radical (unpaired) electrons. The molecule has 29 heavy (non-hydrogen) atoms. The molecule has 0 saturated carbocycles. The number of ether oxygens (including phenoxy) is 1. The molecule has 1 amide bonds. The fraction of sp³-hybridized carbons (Fsp3) is 0.200. The Morgan fingerprint density at radius 3 is 2.79 bits per heavy atom. The van der Waals surface area contributed by atoms with Gasteiger partial charge in [0, 0.05) is 5.56 Å². The second kappa shape index (κ2) is 9.16. The largest absolute Gasteiger partial charge is 0.482 e. The van der Waals surface area contributed by atoms with E-state index in [0.717, 1.165) is 10.2 Å². The highest BCUT2D eigenvalue weighted by Crippen LogP contribution is 2.25. The van der Waals surface area contributed by atoms with Crippen LogP contribution < -0.4 is 15.5 Å². The fourth-order valence-electron chi connectivity index (χ4n) is 2.44. The normalized spacial score (nSPS) is 12.4. The van der Waals surface area contributed by atoms with Crippen LogP contribution in [0.15, 0.2) is 53.6 Å². The van der Waals surface area contributed by atoms with Gasteiger partial charge < -0.3 is 15.2 Å². The van der Waals surface area contributed by atoms with Crippen molar-refractivity contribution in [1.29, 1.82) is 0 Å². The van der Waals surface area contributed by atoms with E-state index in [1.54, 1.807) is 38.1 Å². The second-order valence-corrected chi connectivity index (χ2v) is 7.27. The smallest absolute Gasteiger partial charge is 0.341 e. The summed E-state index contributed by atoms with van der Waals surface area (Å²) in [5.74, 6) is -0.943. The number of carbonyl (C=O) groups is 2. The van der Waals surface area contributed by atoms with E-state index in [0.29, 0.717) is 22.2 Å². The number of nitrogens with one attached hydrogen (secondary N) is 2. The molecule has 3 N–H and O–H groups in total. The Balaban J connectivity index is 1.60. The van der Waals surface area contributed by atoms with Crippen LogP contribution in [-0.2, 0) is 9.59 Å². The van der Waals surface area contributed by atoms with Crippen molar-refractivity contribution in [2.75, 3.05) is 11.9 Å². The maximum absolute atomic E-state index is 12.3. The Hall–Kier alpha value is -3.46. The highest BCUT2D eigenvalue weighted by molar-refractivity contribution is 7.22. The number of hydrogen-bond acceptors (Lipinski definition) is 7. The van der Waals surface area contributed by atoms with Crippen molar-refractivity contribution in [1.82, 2.24) is 10.4 Å². The molecule has 1 heterocycles. The first kappa shape index (κ1) is 20.3. The van der Waals surface area contributed by atoms with E-state index in [-0.39, 0.29) is 5.91 Å². The maximum atomic E-state index is 12.3. The molecular formula is C20H20N4O4S. The maximum Gasteiger partial charge on any atom is 0.341 e. The van der Waals surface area contributed by atoms with Gasteiger partial charge in [0.1, 0.15) is 11.8 Å². The van der Waals surface area contributed by atoms with Crippen LogP contribution >= 0.6 is 11.3 Å². The average molecular weight is 412 g/mol. The number of thiazole rings is 1. The zero-order valence-corrected chi connectivity index (χ0v) is 16.7. The summed E-state index contributed by atoms with van der Waals surface area (Å²) in [6.07, 6.45) is 0. The average Bonchev–Trinajstić information content (AvgIpc) is 3.12. The summed E-state index contributed by atoms with van der Waals surface area (Å²) in [5, 5.41) is 16.6. The van der Waals surface area contributed by atoms with Gasteiger partial charge in [-0.05, 0) is 38.1 Å². The molecule has 0 bridgehead atoms. The van der Waals surface area contributed by atoms with Crippen molar-refractivity contribution in [3.05, 3.63) is 54.1 Å². The number of aromatic nitrogens is 1. The predicted molar refractivity (Wildman–Crippen MR) is 113 cm³/mol. The molecule has 1 atom stereocenters. The summed E-state index contributed by atoms with van der Waals surface area (Å²) in [6.45, 7) is 3.04. The van der Waals surface area contributed by atoms with Crippen molar-refractivity contribution in [3.63, 3.8) is 0 Å². The number of hydrogen-bond donors (Lipinski definition) is 3. The van der Waals surface area contributed by atoms with Crippen molar-refractivity contribution in [2.24, 2.45) is 5.10 Å². The van der Waals surface area contributed by atoms with Gasteiger partial charge in [-0.15, -0.1) is 0 Å². The minimum Gasteiger partial charge on any atom is -0.482 e. The van der Waals surface area contributed by atoms with Gasteiger partial charge in [0.25, 0.3) is 5.91 Å². The van der Waals surface area contributed by atoms with Gasteiger partial charge >= 0.3 is 5.97 Å². The summed E-state index contributed by atoms with van der Waals surface area (Å²) >= 11 is 1.48. The van der Waals surface area contributed by atoms with Gasteiger partial charge in [-0.25, -0.2) is 15.2 Å². The van der Waals surface area contributed by atoms with E-state index in [1.807, 2.05) is 24.3 Å². The Morgan fingerprint density at radius 2 is 2.03 bits per heavy atom. The first-order valence-corrected chi connectivity index (χ1v) is 9.65. The van der Waals surface area contributed by atoms with Gasteiger partial charge in [0.15, 0.2) is 11.7 Å². The van der Waals surface area contributed by atoms with Gasteiger partial charge in [0.2, 0.25) is 0 Å². The van der Waals surface area contributed by atoms with Gasteiger partial charge in [-0.3, -0.25) is 4.79 Å². The van der Waals surface area contributed by atoms with E-state index < -0.39 is 18.6 Å². The molecule has 0 aliphatic rings. The van der Waals surface area contributed by atoms with Crippen LogP contribution in [0, 0.1) is 0 Å². The van der Waals surface area contributed by atoms with Crippen molar-refractivity contribution in [2.45, 2.75) is 19.9 Å². The quantitative estimate of drug-likeness (QED) is 0.387. The lowest BCUT2D eigenvalue weighted by Gasteiger charge is -2.11. The highest BCUT2D eigenvalue weighted by atomic mass is 32.1. The van der Waals surface area contributed by atoms with Gasteiger partial charge in [-0.1, -0.05) is 35.6 Å². The van der Waals surface area contributed by atoms with Crippen LogP contribution in [0.2, 0.25) is 0 Å². The number of benzene rings is 2. The lowest BCUT2D eigenvalue weighted by Crippen LogP contribution is -2.35. The van der Waals surface area contributed by atoms with Crippen LogP contribution in [0.1, 0.15) is 19.4 Å². The zero-order chi connectivity index (χ0) is 20.8. The third-order valence-electron chi connectivity index (χ3n) is 3.98. The van der Waals surface area contributed by atoms with Crippen LogP contribution in [0.4, 0.5) is 5.13 Å². The van der Waals surface area contributed by atoms with Gasteiger partial charge in [0.05, 0.1) is 15.9 Å². The standard InChI is InChI=1S/C20H20N4O4S/c1-12(14-6-5-7-15(10-14)28-11-18(25)26)23-24-19(27)13(2)21-20-22-16-8-3-4-9-17(16)29-20/h3-10,13H,11H2,1-2H3,(H,21,22)(H,24,27)(H,25,26)/b23-12-/t13-/m0/s1. The number of carboxylic acids is 1. The number of fused-ring (bicyclic) bond motifs is 1. The third-order valence-corrected chi connectivity index (χ3v) is 4.94. The third kappa shape index (κ3) is 5.52. The van der Waals surface area contributed by atoms with E-state index in [4.69, 9.17) is 9.84 Å². The molecule has 9 heteroatoms. The van der Waals surface area contributed by atoms with Crippen molar-refractivity contribution in [3.8, 4) is 5.75 Å². The summed E-state index contributed by atoms with van der Waals surface area (Å²) < 4.78 is 6.20. The summed E-state index contributed by atoms with van der Waals surface area (Å²) in [4.78, 5) is 27.4. The molecule has 0 unspecified atom stereocenters. The van der Waals surface area contributed by atoms with Crippen LogP contribution in [0.3, 0.4) is 0 Å². The first-order chi connectivity index (χ1) is 13.9. The molecule has 1 aromatic heterocycles. The van der Waals surface area contributed by atoms with E-state index in [9.17, 15) is 9.59 Å². The van der Waals surface area contributed by atoms with Crippen molar-refractivity contribution >= 4 is 44.3 Å². The molecule has 0 aliphatic heterocycles. The topological polar surface area (TPSA) is 113 Å². The predicted octanol–water partition coefficient (Wildman–Crippen LogP) is 3.10. The van der Waals surface area contributed by atoms with Crippen LogP contribution in [0.5, 0.6) is 5.75 Å². The molecule has 0 aliphatic carbocycles. The number of aliphatic carboxylic acids is 1. The lowest BCUT2D eigenvalue weighted by atomic mass is 10.1. The van der Waals surface area contributed by atoms with Crippen molar-refractivity contribution < 1.29 is 19.4 Å². The molecular weight excluding hydrogens is 392 g/mol. The Kier molecular flexibility index (Phi) is 6.40. The molecule has 8 nitrogen and oxygen atoms in total. The number of carbonyl (C=O) groups excluding carboxylic acids is 1. The van der Waals surface area contributed by atoms with E-state index >= 15 is 0 Å². The SMILES string of the molecule is C/C(=N/NC(=O)[C@H](C)Nc1nc2ccccc2s1)c1cccc(OCC(=O)O)c1. The Bertz CT molecular complexity index is 1030. The van der Waals surface area contributed by atoms with Crippen LogP contribution in [-0.4, -0.2) is 40.3 Å². The number of nitrogens with zero attached hydrogens (tertiary/aromatic N) is 2. The minimum atomic E-state index is -1.05. The minimum absolute atomic E-state index is 0.304. The number of amides is 1. The second-order valence-electron chi connectivity index (χ2n) is 6.24. The monoisotopic (exact) mass is 412 g/mol. The molecule has 150 valence electrons. The zero-order valence-electron chi connectivity index (χ0n) is 15.9. The molecule has 3 aromatic rings. The number of hydrazone groups is 1. The number of para-hydroxylation sites is 1. The lowest BCUT2D eigenvalue weighted by molar-refractivity contribution is -0.139. The Morgan fingerprint density at radius 1 is 1.24 bits per heavy atom. The fourth-order valence-corrected chi connectivity index (χ4v) is 3.39. The number of carboxylic acid groups (broad SMARTS) is 1. The number of rotatable bonds is 8. The summed E-state index contributed by atoms with van der Waals surface area (Å²) in [5.41, 5.74) is 4.68. The van der Waals surface area contributed by atoms with Gasteiger partial charge in [-0.2, -0.15) is 5.10 Å². The van der Waals surface area contributed by atoms with E-state index in [1.165, 1.54) is 11.3 Å². The molecule has 3 rings (SSSR count). The highest BCUT2D eigenvalue weighted by Gasteiger charge is 2.14. The molecule has 0 saturated heterocycles. The van der Waals surface area contributed by atoms with E-state index in [2.05, 4.69) is 20.8 Å². The molecule has 2 aromatic carbocycles. The summed E-state index contributed by atoms with van der Waals surface area (Å²) in [6, 6.07) is 14.1. The molecule has 0 fully saturated rings.